The molecule has 3 aliphatic rings. The van der Waals surface area contributed by atoms with Crippen LogP contribution in [0.5, 0.6) is 11.5 Å². The highest BCUT2D eigenvalue weighted by Crippen LogP contribution is 2.47. The van der Waals surface area contributed by atoms with Crippen molar-refractivity contribution in [3.63, 3.8) is 0 Å². The van der Waals surface area contributed by atoms with Crippen molar-refractivity contribution in [3.05, 3.63) is 138 Å². The summed E-state index contributed by atoms with van der Waals surface area (Å²) in [7, 11) is 1.47. The van der Waals surface area contributed by atoms with Crippen molar-refractivity contribution in [1.29, 1.82) is 0 Å². The summed E-state index contributed by atoms with van der Waals surface area (Å²) >= 11 is 25.8. The van der Waals surface area contributed by atoms with E-state index < -0.39 is 96.2 Å². The summed E-state index contributed by atoms with van der Waals surface area (Å²) in [6.45, 7) is 1.69. The number of aliphatic hydroxyl groups excluding tert-OH is 1. The number of aliphatic hydroxyl groups is 1. The lowest BCUT2D eigenvalue weighted by Gasteiger charge is -2.49. The van der Waals surface area contributed by atoms with Gasteiger partial charge in [0.15, 0.2) is 18.5 Å². The van der Waals surface area contributed by atoms with Crippen molar-refractivity contribution in [3.8, 4) is 11.5 Å². The smallest absolute Gasteiger partial charge is 0.303 e. The Labute approximate surface area is 403 Å². The molecule has 354 valence electrons. The number of hydrogen-bond donors (Lipinski definition) is 1. The molecule has 18 nitrogen and oxygen atoms in total. The first-order chi connectivity index (χ1) is 32.2. The molecule has 4 aromatic carbocycles. The third kappa shape index (κ3) is 11.1. The van der Waals surface area contributed by atoms with Crippen LogP contribution in [0.15, 0.2) is 90.0 Å². The summed E-state index contributed by atoms with van der Waals surface area (Å²) in [5, 5.41) is 15.3. The summed E-state index contributed by atoms with van der Waals surface area (Å²) in [5.74, 6) is -3.20. The first-order valence-corrected chi connectivity index (χ1v) is 22.0. The summed E-state index contributed by atoms with van der Waals surface area (Å²) in [5.41, 5.74) is 10.5. The Kier molecular flexibility index (Phi) is 16.5. The van der Waals surface area contributed by atoms with Crippen LogP contribution in [0, 0.1) is 0 Å². The van der Waals surface area contributed by atoms with Crippen molar-refractivity contribution in [2.45, 2.75) is 88.3 Å². The minimum Gasteiger partial charge on any atom is -0.497 e. The Hall–Kier alpha value is -5.21. The molecule has 2 fully saturated rings. The number of halogens is 4. The summed E-state index contributed by atoms with van der Waals surface area (Å²) in [6, 6.07) is 21.3. The fourth-order valence-electron chi connectivity index (χ4n) is 7.88. The lowest BCUT2D eigenvalue weighted by molar-refractivity contribution is -0.338. The van der Waals surface area contributed by atoms with E-state index in [9.17, 15) is 29.8 Å². The number of azide groups is 1. The molecule has 67 heavy (non-hydrogen) atoms. The van der Waals surface area contributed by atoms with E-state index >= 15 is 0 Å². The van der Waals surface area contributed by atoms with E-state index in [2.05, 4.69) is 10.0 Å². The largest absolute Gasteiger partial charge is 0.497 e. The molecule has 0 aromatic heterocycles. The van der Waals surface area contributed by atoms with Gasteiger partial charge in [-0.1, -0.05) is 112 Å². The number of nitrogens with zero attached hydrogens (tertiary/aromatic N) is 4. The molecule has 3 aliphatic heterocycles. The SMILES string of the molecule is COc1ccc(O[C@@H]2O[C@H](COCc3ccccc3)[C@@H](O[C@@H]3O[C@H](COCc4ccccc4)[C@H](N=[N+]=[N-])[C@H](OC(C)=O)[C@H]3OC(C)=O)[C@H](O)[C@H]2N2C(=O)c3c(Cl)c(Cl)c(Cl)c(Cl)c3C2=O)cc1. The monoisotopic (exact) mass is 1000 g/mol. The zero-order chi connectivity index (χ0) is 47.9. The quantitative estimate of drug-likeness (QED) is 0.0206. The third-order valence-corrected chi connectivity index (χ3v) is 12.7. The number of methoxy groups -OCH3 is 1. The Bertz CT molecular complexity index is 2440. The second-order valence-corrected chi connectivity index (χ2v) is 16.8. The van der Waals surface area contributed by atoms with Crippen molar-refractivity contribution < 1.29 is 66.9 Å². The van der Waals surface area contributed by atoms with Gasteiger partial charge in [0.05, 0.1) is 70.9 Å². The molecule has 4 aromatic rings. The number of ether oxygens (including phenoxy) is 9. The number of esters is 2. The molecule has 1 N–H and O–H groups in total. The van der Waals surface area contributed by atoms with Crippen LogP contribution in [0.25, 0.3) is 10.4 Å². The molecule has 0 spiro atoms. The fourth-order valence-corrected chi connectivity index (χ4v) is 8.89. The Morgan fingerprint density at radius 1 is 0.701 bits per heavy atom. The standard InChI is InChI=1S/C45H42Cl4N4O14/c1-22(54)62-40-36(51-52-50)28(20-60-18-24-10-6-4-7-11-24)65-45(41(40)63-23(2)55)67-39-29(21-61-19-25-12-8-5-9-13-25)66-44(64-27-16-14-26(59-3)15-17-27)37(38(39)56)53-42(57)30-31(43(53)58)33(47)35(49)34(48)32(30)46/h4-17,28-29,36-41,44-45,56H,18-21H2,1-3H3/t28-,29-,36+,37-,38-,39-,40+,41-,44-,45+/m1/s1. The fraction of sp³-hybridized carbons (Fsp3) is 0.378. The van der Waals surface area contributed by atoms with Crippen LogP contribution in [0.4, 0.5) is 0 Å². The maximum atomic E-state index is 14.5. The van der Waals surface area contributed by atoms with Crippen LogP contribution >= 0.6 is 46.4 Å². The maximum absolute atomic E-state index is 14.5. The molecule has 0 saturated carbocycles. The van der Waals surface area contributed by atoms with E-state index in [-0.39, 0.29) is 52.3 Å². The molecule has 3 heterocycles. The van der Waals surface area contributed by atoms with E-state index in [1.54, 1.807) is 12.1 Å². The number of rotatable bonds is 17. The lowest BCUT2D eigenvalue weighted by Crippen LogP contribution is -2.69. The number of carbonyl (C=O) groups excluding carboxylic acids is 4. The Morgan fingerprint density at radius 2 is 1.19 bits per heavy atom. The van der Waals surface area contributed by atoms with Crippen LogP contribution in [0.3, 0.4) is 0 Å². The van der Waals surface area contributed by atoms with Crippen molar-refractivity contribution in [2.75, 3.05) is 20.3 Å². The summed E-state index contributed by atoms with van der Waals surface area (Å²) < 4.78 is 54.7. The molecular formula is C45H42Cl4N4O14. The molecule has 10 atom stereocenters. The number of benzene rings is 4. The van der Waals surface area contributed by atoms with Crippen molar-refractivity contribution >= 4 is 70.2 Å². The maximum Gasteiger partial charge on any atom is 0.303 e. The topological polar surface area (TPSA) is 224 Å². The highest BCUT2D eigenvalue weighted by Gasteiger charge is 2.59. The Morgan fingerprint density at radius 3 is 1.70 bits per heavy atom. The molecule has 0 radical (unpaired) electrons. The first-order valence-electron chi connectivity index (χ1n) is 20.5. The van der Waals surface area contributed by atoms with Crippen LogP contribution in [0.2, 0.25) is 20.1 Å². The van der Waals surface area contributed by atoms with Gasteiger partial charge in [-0.15, -0.1) is 0 Å². The highest BCUT2D eigenvalue weighted by atomic mass is 35.5. The van der Waals surface area contributed by atoms with Gasteiger partial charge < -0.3 is 47.7 Å². The third-order valence-electron chi connectivity index (χ3n) is 10.9. The van der Waals surface area contributed by atoms with E-state index in [1.165, 1.54) is 19.2 Å². The van der Waals surface area contributed by atoms with Gasteiger partial charge in [0.1, 0.15) is 41.9 Å². The molecule has 2 amide bonds. The van der Waals surface area contributed by atoms with E-state index in [0.717, 1.165) is 25.0 Å². The van der Waals surface area contributed by atoms with Gasteiger partial charge in [0, 0.05) is 18.8 Å². The zero-order valence-electron chi connectivity index (χ0n) is 35.7. The molecule has 22 heteroatoms. The van der Waals surface area contributed by atoms with Crippen LogP contribution in [-0.4, -0.2) is 115 Å². The number of carbonyl (C=O) groups is 4. The highest BCUT2D eigenvalue weighted by molar-refractivity contribution is 6.55. The van der Waals surface area contributed by atoms with Gasteiger partial charge in [0.2, 0.25) is 6.29 Å². The van der Waals surface area contributed by atoms with Gasteiger partial charge in [-0.2, -0.15) is 0 Å². The average Bonchev–Trinajstić information content (AvgIpc) is 3.57. The van der Waals surface area contributed by atoms with Gasteiger partial charge in [-0.05, 0) is 40.9 Å². The first kappa shape index (κ1) is 49.7. The van der Waals surface area contributed by atoms with Gasteiger partial charge in [-0.3, -0.25) is 24.1 Å². The zero-order valence-corrected chi connectivity index (χ0v) is 38.8. The second kappa shape index (κ2) is 22.3. The molecule has 2 saturated heterocycles. The minimum absolute atomic E-state index is 0.0487. The van der Waals surface area contributed by atoms with Crippen LogP contribution < -0.4 is 9.47 Å². The lowest BCUT2D eigenvalue weighted by atomic mass is 9.93. The minimum atomic E-state index is -1.98. The predicted molar refractivity (Wildman–Crippen MR) is 239 cm³/mol. The van der Waals surface area contributed by atoms with Crippen molar-refractivity contribution in [2.24, 2.45) is 5.11 Å². The van der Waals surface area contributed by atoms with Gasteiger partial charge in [0.25, 0.3) is 11.8 Å². The van der Waals surface area contributed by atoms with E-state index in [0.29, 0.717) is 10.6 Å². The normalized spacial score (nSPS) is 25.8. The molecule has 0 unspecified atom stereocenters. The van der Waals surface area contributed by atoms with E-state index in [4.69, 9.17) is 89.0 Å². The van der Waals surface area contributed by atoms with E-state index in [1.807, 2.05) is 60.7 Å². The number of imide groups is 1. The Balaban J connectivity index is 1.31. The molecule has 7 rings (SSSR count). The van der Waals surface area contributed by atoms with Gasteiger partial charge >= 0.3 is 11.9 Å². The van der Waals surface area contributed by atoms with Crippen molar-refractivity contribution in [1.82, 2.24) is 4.90 Å². The average molecular weight is 1000 g/mol. The summed E-state index contributed by atoms with van der Waals surface area (Å²) in [4.78, 5) is 58.1. The predicted octanol–water partition coefficient (Wildman–Crippen LogP) is 7.52. The second-order valence-electron chi connectivity index (χ2n) is 15.3. The number of fused-ring (bicyclic) bond motifs is 1. The summed E-state index contributed by atoms with van der Waals surface area (Å²) in [6.07, 6.45) is -12.9. The number of amides is 2. The van der Waals surface area contributed by atoms with Crippen LogP contribution in [-0.2, 0) is 56.0 Å². The molecule has 0 bridgehead atoms. The molecule has 0 aliphatic carbocycles. The number of hydrogen-bond acceptors (Lipinski definition) is 15. The molecular weight excluding hydrogens is 962 g/mol. The van der Waals surface area contributed by atoms with Gasteiger partial charge in [-0.25, -0.2) is 0 Å². The van der Waals surface area contributed by atoms with Crippen LogP contribution in [0.1, 0.15) is 45.7 Å².